The molecule has 2 aromatic rings. The molecule has 3 amide bonds. The molecule has 5 rings (SSSR count). The number of benzene rings is 2. The van der Waals surface area contributed by atoms with Gasteiger partial charge in [0, 0.05) is 12.3 Å². The number of aliphatic hydroxyl groups is 1. The second-order valence-corrected chi connectivity index (χ2v) is 8.18. The summed E-state index contributed by atoms with van der Waals surface area (Å²) in [6.07, 6.45) is 3.51. The summed E-state index contributed by atoms with van der Waals surface area (Å²) >= 11 is 0. The number of nitrogens with zero attached hydrogens (tertiary/aromatic N) is 2. The minimum Gasteiger partial charge on any atom is -0.394 e. The number of hydrogen-bond acceptors (Lipinski definition) is 5. The van der Waals surface area contributed by atoms with Crippen molar-refractivity contribution < 1.29 is 19.5 Å². The van der Waals surface area contributed by atoms with Crippen LogP contribution in [0.1, 0.15) is 31.0 Å². The normalized spacial score (nSPS) is 25.7. The molecule has 0 aliphatic carbocycles. The fourth-order valence-corrected chi connectivity index (χ4v) is 4.71. The lowest BCUT2D eigenvalue weighted by atomic mass is 9.84. The molecule has 2 fully saturated rings. The minimum atomic E-state index is -0.838. The third-order valence-corrected chi connectivity index (χ3v) is 5.77. The van der Waals surface area contributed by atoms with E-state index >= 15 is 0 Å². The number of para-hydroxylation sites is 1. The highest BCUT2D eigenvalue weighted by Gasteiger charge is 2.64. The maximum Gasteiger partial charge on any atom is 0.240 e. The molecule has 3 N–H and O–H groups in total. The quantitative estimate of drug-likeness (QED) is 0.726. The molecule has 0 saturated carbocycles. The maximum absolute atomic E-state index is 13.3. The first-order valence-corrected chi connectivity index (χ1v) is 10.3. The molecule has 0 bridgehead atoms. The van der Waals surface area contributed by atoms with Crippen molar-refractivity contribution in [2.45, 2.75) is 32.0 Å². The Balaban J connectivity index is 0.000000535. The Bertz CT molecular complexity index is 1050. The van der Waals surface area contributed by atoms with Gasteiger partial charge in [-0.25, -0.2) is 4.90 Å². The number of aliphatic hydroxyl groups excluding tert-OH is 1. The Hall–Kier alpha value is -3.45. The first kappa shape index (κ1) is 20.8. The molecule has 3 aliphatic heterocycles. The predicted octanol–water partition coefficient (Wildman–Crippen LogP) is 2.07. The van der Waals surface area contributed by atoms with Gasteiger partial charge in [-0.2, -0.15) is 0 Å². The van der Waals surface area contributed by atoms with Crippen molar-refractivity contribution in [2.75, 3.05) is 4.90 Å². The molecule has 2 aromatic carbocycles. The number of fused-ring (bicyclic) bond motifs is 5. The van der Waals surface area contributed by atoms with Gasteiger partial charge >= 0.3 is 0 Å². The molecule has 31 heavy (non-hydrogen) atoms. The van der Waals surface area contributed by atoms with E-state index in [1.165, 1.54) is 4.90 Å². The lowest BCUT2D eigenvalue weighted by Gasteiger charge is -2.34. The maximum atomic E-state index is 13.3. The molecule has 0 radical (unpaired) electrons. The van der Waals surface area contributed by atoms with Gasteiger partial charge in [-0.05, 0) is 43.2 Å². The fourth-order valence-electron chi connectivity index (χ4n) is 4.71. The zero-order chi connectivity index (χ0) is 22.3. The van der Waals surface area contributed by atoms with Crippen molar-refractivity contribution in [3.05, 3.63) is 71.9 Å². The van der Waals surface area contributed by atoms with Crippen molar-refractivity contribution in [1.82, 2.24) is 4.90 Å². The van der Waals surface area contributed by atoms with E-state index < -0.39 is 23.8 Å². The van der Waals surface area contributed by atoms with Gasteiger partial charge in [0.2, 0.25) is 17.7 Å². The summed E-state index contributed by atoms with van der Waals surface area (Å²) in [4.78, 5) is 41.8. The summed E-state index contributed by atoms with van der Waals surface area (Å²) in [5.41, 5.74) is 8.13. The van der Waals surface area contributed by atoms with E-state index in [4.69, 9.17) is 10.8 Å². The first-order valence-electron chi connectivity index (χ1n) is 10.3. The van der Waals surface area contributed by atoms with Crippen molar-refractivity contribution in [3.63, 3.8) is 0 Å². The number of carbonyl (C=O) groups excluding carboxylic acids is 3. The molecular formula is C24H25N3O4. The second kappa shape index (κ2) is 8.00. The molecule has 3 heterocycles. The highest BCUT2D eigenvalue weighted by Crippen LogP contribution is 2.52. The Morgan fingerprint density at radius 1 is 0.968 bits per heavy atom. The van der Waals surface area contributed by atoms with Crippen LogP contribution < -0.4 is 10.6 Å². The van der Waals surface area contributed by atoms with Crippen LogP contribution in [-0.2, 0) is 14.4 Å². The zero-order valence-corrected chi connectivity index (χ0v) is 17.4. The second-order valence-electron chi connectivity index (χ2n) is 8.18. The molecule has 4 atom stereocenters. The molecule has 2 saturated heterocycles. The van der Waals surface area contributed by atoms with Crippen LogP contribution in [0.15, 0.2) is 60.8 Å². The standard InChI is InChI=1S/C21H17N3O3.C3H8O/c22-19(25)18-16-15(17-14-9-5-4-6-12(14)10-11-23(17)18)20(26)24(21(16)27)13-7-2-1-3-8-13;1-3(2)4/h1-11,15-18H,(H2,22,25);3-4H,1-2H3/t15-,16+,17+,18-;/m0./s1. The molecule has 160 valence electrons. The van der Waals surface area contributed by atoms with Crippen molar-refractivity contribution in [1.29, 1.82) is 0 Å². The molecular weight excluding hydrogens is 394 g/mol. The van der Waals surface area contributed by atoms with E-state index in [2.05, 4.69) is 0 Å². The van der Waals surface area contributed by atoms with Gasteiger partial charge in [-0.1, -0.05) is 42.5 Å². The smallest absolute Gasteiger partial charge is 0.240 e. The lowest BCUT2D eigenvalue weighted by Crippen LogP contribution is -2.46. The topological polar surface area (TPSA) is 104 Å². The lowest BCUT2D eigenvalue weighted by molar-refractivity contribution is -0.129. The molecule has 0 unspecified atom stereocenters. The van der Waals surface area contributed by atoms with Crippen molar-refractivity contribution in [2.24, 2.45) is 17.6 Å². The van der Waals surface area contributed by atoms with Crippen molar-refractivity contribution >= 4 is 29.5 Å². The number of rotatable bonds is 2. The zero-order valence-electron chi connectivity index (χ0n) is 17.4. The molecule has 7 nitrogen and oxygen atoms in total. The van der Waals surface area contributed by atoms with Crippen LogP contribution in [0.4, 0.5) is 5.69 Å². The Morgan fingerprint density at radius 3 is 2.19 bits per heavy atom. The SMILES string of the molecule is CC(C)O.NC(=O)[C@@H]1[C@@H]2C(=O)N(c3ccccc3)C(=O)[C@@H]2[C@H]2c3ccccc3C=CN12. The van der Waals surface area contributed by atoms with E-state index in [1.54, 1.807) is 49.2 Å². The van der Waals surface area contributed by atoms with E-state index in [0.717, 1.165) is 11.1 Å². The van der Waals surface area contributed by atoms with E-state index in [-0.39, 0.29) is 24.0 Å². The number of imide groups is 1. The van der Waals surface area contributed by atoms with Gasteiger partial charge in [0.25, 0.3) is 0 Å². The number of carbonyl (C=O) groups is 3. The van der Waals surface area contributed by atoms with Gasteiger partial charge in [0.1, 0.15) is 6.04 Å². The van der Waals surface area contributed by atoms with Crippen molar-refractivity contribution in [3.8, 4) is 0 Å². The Labute approximate surface area is 180 Å². The summed E-state index contributed by atoms with van der Waals surface area (Å²) in [5, 5.41) is 8.06. The molecule has 0 aromatic heterocycles. The predicted molar refractivity (Wildman–Crippen MR) is 116 cm³/mol. The van der Waals surface area contributed by atoms with Crippen LogP contribution in [0, 0.1) is 11.8 Å². The Kier molecular flexibility index (Phi) is 5.37. The van der Waals surface area contributed by atoms with Gasteiger partial charge in [-0.3, -0.25) is 14.4 Å². The third kappa shape index (κ3) is 3.41. The van der Waals surface area contributed by atoms with E-state index in [9.17, 15) is 14.4 Å². The third-order valence-electron chi connectivity index (χ3n) is 5.77. The largest absolute Gasteiger partial charge is 0.394 e. The summed E-state index contributed by atoms with van der Waals surface area (Å²) < 4.78 is 0. The highest BCUT2D eigenvalue weighted by molar-refractivity contribution is 6.24. The van der Waals surface area contributed by atoms with Gasteiger partial charge in [0.15, 0.2) is 0 Å². The summed E-state index contributed by atoms with van der Waals surface area (Å²) in [5.74, 6) is -2.65. The van der Waals surface area contributed by atoms with Crippen LogP contribution >= 0.6 is 0 Å². The molecule has 7 heteroatoms. The highest BCUT2D eigenvalue weighted by atomic mass is 16.3. The Morgan fingerprint density at radius 2 is 1.55 bits per heavy atom. The first-order chi connectivity index (χ1) is 14.8. The van der Waals surface area contributed by atoms with Crippen LogP contribution in [0.5, 0.6) is 0 Å². The number of nitrogens with two attached hydrogens (primary N) is 1. The van der Waals surface area contributed by atoms with Gasteiger partial charge in [0.05, 0.1) is 23.6 Å². The minimum absolute atomic E-state index is 0.167. The van der Waals surface area contributed by atoms with Crippen LogP contribution in [-0.4, -0.2) is 39.9 Å². The van der Waals surface area contributed by atoms with Crippen LogP contribution in [0.2, 0.25) is 0 Å². The van der Waals surface area contributed by atoms with Crippen LogP contribution in [0.25, 0.3) is 6.08 Å². The number of primary amides is 1. The van der Waals surface area contributed by atoms with E-state index in [0.29, 0.717) is 5.69 Å². The molecule has 3 aliphatic rings. The summed E-state index contributed by atoms with van der Waals surface area (Å²) in [6, 6.07) is 15.4. The average molecular weight is 419 g/mol. The van der Waals surface area contributed by atoms with E-state index in [1.807, 2.05) is 36.4 Å². The molecule has 0 spiro atoms. The number of anilines is 1. The summed E-state index contributed by atoms with van der Waals surface area (Å²) in [6.45, 7) is 3.44. The number of amides is 3. The fraction of sp³-hybridized carbons (Fsp3) is 0.292. The summed E-state index contributed by atoms with van der Waals surface area (Å²) in [7, 11) is 0. The number of hydrogen-bond donors (Lipinski definition) is 2. The average Bonchev–Trinajstić information content (AvgIpc) is 3.21. The van der Waals surface area contributed by atoms with Gasteiger partial charge < -0.3 is 15.7 Å². The monoisotopic (exact) mass is 419 g/mol. The van der Waals surface area contributed by atoms with Gasteiger partial charge in [-0.15, -0.1) is 0 Å². The van der Waals surface area contributed by atoms with Crippen LogP contribution in [0.3, 0.4) is 0 Å².